The molecule has 0 bridgehead atoms. The van der Waals surface area contributed by atoms with Gasteiger partial charge in [-0.25, -0.2) is 0 Å². The third-order valence-electron chi connectivity index (χ3n) is 2.37. The van der Waals surface area contributed by atoms with Gasteiger partial charge in [0.2, 0.25) is 0 Å². The molecule has 2 nitrogen and oxygen atoms in total. The van der Waals surface area contributed by atoms with E-state index in [0.717, 1.165) is 10.2 Å². The molecule has 1 aromatic rings. The van der Waals surface area contributed by atoms with Gasteiger partial charge in [-0.2, -0.15) is 0 Å². The molecule has 0 radical (unpaired) electrons. The van der Waals surface area contributed by atoms with Gasteiger partial charge in [0.25, 0.3) is 5.24 Å². The van der Waals surface area contributed by atoms with Gasteiger partial charge >= 0.3 is 0 Å². The van der Waals surface area contributed by atoms with Crippen LogP contribution in [-0.4, -0.2) is 21.9 Å². The van der Waals surface area contributed by atoms with Gasteiger partial charge in [0.1, 0.15) is 0 Å². The van der Waals surface area contributed by atoms with Crippen molar-refractivity contribution in [2.75, 3.05) is 11.9 Å². The lowest BCUT2D eigenvalue weighted by molar-refractivity contribution is 0.261. The first kappa shape index (κ1) is 16.1. The van der Waals surface area contributed by atoms with E-state index in [0.29, 0.717) is 12.5 Å². The Labute approximate surface area is 130 Å². The van der Waals surface area contributed by atoms with Gasteiger partial charge in [0.05, 0.1) is 0 Å². The number of nitrogens with one attached hydrogen (secondary N) is 1. The van der Waals surface area contributed by atoms with E-state index in [4.69, 9.17) is 0 Å². The molecule has 0 aliphatic rings. The molecule has 1 rings (SSSR count). The minimum atomic E-state index is -0.0127. The lowest BCUT2D eigenvalue weighted by atomic mass is 10.0. The highest BCUT2D eigenvalue weighted by Gasteiger charge is 2.08. The standard InChI is InChI=1S/C13H17Br2NOS/c1-9(2)10-4-3-5-12(6-10)18-13(17)16-8-11(15)7-14/h3-6,9,11H,7-8H2,1-2H3,(H,16,17). The van der Waals surface area contributed by atoms with Crippen LogP contribution in [0.25, 0.3) is 0 Å². The summed E-state index contributed by atoms with van der Waals surface area (Å²) in [6.45, 7) is 4.92. The van der Waals surface area contributed by atoms with E-state index in [1.807, 2.05) is 12.1 Å². The summed E-state index contributed by atoms with van der Waals surface area (Å²) < 4.78 is 0. The zero-order chi connectivity index (χ0) is 13.5. The molecule has 0 fully saturated rings. The smallest absolute Gasteiger partial charge is 0.283 e. The molecular weight excluding hydrogens is 378 g/mol. The van der Waals surface area contributed by atoms with Crippen LogP contribution in [0.5, 0.6) is 0 Å². The number of rotatable bonds is 5. The average Bonchev–Trinajstić information content (AvgIpc) is 2.36. The van der Waals surface area contributed by atoms with Crippen LogP contribution >= 0.6 is 43.6 Å². The molecule has 0 aromatic heterocycles. The van der Waals surface area contributed by atoms with Crippen molar-refractivity contribution in [2.24, 2.45) is 0 Å². The highest BCUT2D eigenvalue weighted by Crippen LogP contribution is 2.23. The summed E-state index contributed by atoms with van der Waals surface area (Å²) in [6, 6.07) is 8.12. The van der Waals surface area contributed by atoms with Crippen LogP contribution in [0.2, 0.25) is 0 Å². The highest BCUT2D eigenvalue weighted by atomic mass is 79.9. The Morgan fingerprint density at radius 1 is 1.44 bits per heavy atom. The molecule has 5 heteroatoms. The highest BCUT2D eigenvalue weighted by molar-refractivity contribution is 9.12. The molecule has 0 saturated carbocycles. The molecule has 1 aromatic carbocycles. The number of carbonyl (C=O) groups is 1. The molecule has 0 spiro atoms. The van der Waals surface area contributed by atoms with Gasteiger partial charge in [-0.15, -0.1) is 0 Å². The maximum atomic E-state index is 11.7. The van der Waals surface area contributed by atoms with E-state index in [1.54, 1.807) is 0 Å². The number of carbonyl (C=O) groups excluding carboxylic acids is 1. The number of alkyl halides is 2. The van der Waals surface area contributed by atoms with Gasteiger partial charge in [0, 0.05) is 21.6 Å². The zero-order valence-electron chi connectivity index (χ0n) is 10.5. The summed E-state index contributed by atoms with van der Waals surface area (Å²) in [5, 5.41) is 3.69. The van der Waals surface area contributed by atoms with Crippen LogP contribution in [0.3, 0.4) is 0 Å². The Morgan fingerprint density at radius 2 is 2.17 bits per heavy atom. The maximum Gasteiger partial charge on any atom is 0.283 e. The number of hydrogen-bond donors (Lipinski definition) is 1. The largest absolute Gasteiger partial charge is 0.346 e. The summed E-state index contributed by atoms with van der Waals surface area (Å²) in [5.74, 6) is 0.480. The first-order valence-corrected chi connectivity index (χ1v) is 8.64. The molecule has 1 amide bonds. The predicted molar refractivity (Wildman–Crippen MR) is 86.3 cm³/mol. The molecule has 0 saturated heterocycles. The van der Waals surface area contributed by atoms with Crippen LogP contribution in [0, 0.1) is 0 Å². The van der Waals surface area contributed by atoms with Crippen molar-refractivity contribution in [3.05, 3.63) is 29.8 Å². The SMILES string of the molecule is CC(C)c1cccc(SC(=O)NCC(Br)CBr)c1. The van der Waals surface area contributed by atoms with E-state index < -0.39 is 0 Å². The van der Waals surface area contributed by atoms with Crippen LogP contribution in [0.4, 0.5) is 4.79 Å². The summed E-state index contributed by atoms with van der Waals surface area (Å²) in [6.07, 6.45) is 0. The molecule has 0 aliphatic heterocycles. The van der Waals surface area contributed by atoms with Crippen molar-refractivity contribution >= 4 is 48.9 Å². The Bertz CT molecular complexity index is 398. The molecule has 1 unspecified atom stereocenters. The molecular formula is C13H17Br2NOS. The molecule has 18 heavy (non-hydrogen) atoms. The number of halogens is 2. The average molecular weight is 395 g/mol. The van der Waals surface area contributed by atoms with E-state index in [2.05, 4.69) is 63.2 Å². The fourth-order valence-electron chi connectivity index (χ4n) is 1.33. The molecule has 1 N–H and O–H groups in total. The number of hydrogen-bond acceptors (Lipinski definition) is 2. The van der Waals surface area contributed by atoms with Crippen LogP contribution in [0.1, 0.15) is 25.3 Å². The third-order valence-corrected chi connectivity index (χ3v) is 5.49. The van der Waals surface area contributed by atoms with Gasteiger partial charge in [0.15, 0.2) is 0 Å². The first-order chi connectivity index (χ1) is 8.52. The lowest BCUT2D eigenvalue weighted by Gasteiger charge is -2.09. The Balaban J connectivity index is 2.51. The van der Waals surface area contributed by atoms with Gasteiger partial charge in [-0.1, -0.05) is 57.8 Å². The van der Waals surface area contributed by atoms with E-state index >= 15 is 0 Å². The monoisotopic (exact) mass is 393 g/mol. The summed E-state index contributed by atoms with van der Waals surface area (Å²) in [4.78, 5) is 13.0. The summed E-state index contributed by atoms with van der Waals surface area (Å²) in [7, 11) is 0. The van der Waals surface area contributed by atoms with Gasteiger partial charge < -0.3 is 5.32 Å². The second-order valence-corrected chi connectivity index (χ2v) is 7.24. The molecule has 0 heterocycles. The molecule has 0 aliphatic carbocycles. The molecule has 100 valence electrons. The second-order valence-electron chi connectivity index (χ2n) is 4.25. The quantitative estimate of drug-likeness (QED) is 0.575. The van der Waals surface area contributed by atoms with Crippen molar-refractivity contribution in [3.8, 4) is 0 Å². The van der Waals surface area contributed by atoms with Crippen LogP contribution in [-0.2, 0) is 0 Å². The van der Waals surface area contributed by atoms with Gasteiger partial charge in [-0.05, 0) is 35.4 Å². The topological polar surface area (TPSA) is 29.1 Å². The van der Waals surface area contributed by atoms with Crippen LogP contribution in [0.15, 0.2) is 29.2 Å². The first-order valence-electron chi connectivity index (χ1n) is 5.78. The third kappa shape index (κ3) is 5.76. The lowest BCUT2D eigenvalue weighted by Crippen LogP contribution is -2.26. The van der Waals surface area contributed by atoms with Crippen molar-refractivity contribution in [1.29, 1.82) is 0 Å². The number of thioether (sulfide) groups is 1. The van der Waals surface area contributed by atoms with E-state index in [1.165, 1.54) is 17.3 Å². The Kier molecular flexibility index (Phi) is 7.34. The van der Waals surface area contributed by atoms with Crippen molar-refractivity contribution in [2.45, 2.75) is 29.5 Å². The Hall–Kier alpha value is -0.000000000000000111. The minimum Gasteiger partial charge on any atom is -0.346 e. The zero-order valence-corrected chi connectivity index (χ0v) is 14.4. The van der Waals surface area contributed by atoms with E-state index in [-0.39, 0.29) is 10.1 Å². The molecule has 1 atom stereocenters. The summed E-state index contributed by atoms with van der Waals surface area (Å²) in [5.41, 5.74) is 1.26. The second kappa shape index (κ2) is 8.23. The number of amides is 1. The Morgan fingerprint density at radius 3 is 2.78 bits per heavy atom. The number of benzene rings is 1. The maximum absolute atomic E-state index is 11.7. The summed E-state index contributed by atoms with van der Waals surface area (Å²) >= 11 is 8.04. The van der Waals surface area contributed by atoms with E-state index in [9.17, 15) is 4.79 Å². The fourth-order valence-corrected chi connectivity index (χ4v) is 2.43. The normalized spacial score (nSPS) is 12.5. The van der Waals surface area contributed by atoms with Crippen molar-refractivity contribution in [3.63, 3.8) is 0 Å². The predicted octanol–water partition coefficient (Wildman–Crippen LogP) is 4.77. The van der Waals surface area contributed by atoms with Gasteiger partial charge in [-0.3, -0.25) is 4.79 Å². The minimum absolute atomic E-state index is 0.0127. The van der Waals surface area contributed by atoms with Crippen molar-refractivity contribution in [1.82, 2.24) is 5.32 Å². The van der Waals surface area contributed by atoms with Crippen molar-refractivity contribution < 1.29 is 4.79 Å². The van der Waals surface area contributed by atoms with Crippen LogP contribution < -0.4 is 5.32 Å². The fraction of sp³-hybridized carbons (Fsp3) is 0.462.